The highest BCUT2D eigenvalue weighted by Crippen LogP contribution is 2.32. The van der Waals surface area contributed by atoms with Crippen molar-refractivity contribution in [2.24, 2.45) is 0 Å². The maximum absolute atomic E-state index is 13.4. The van der Waals surface area contributed by atoms with Crippen LogP contribution in [-0.4, -0.2) is 64.3 Å². The van der Waals surface area contributed by atoms with Crippen LogP contribution in [0.25, 0.3) is 5.57 Å². The van der Waals surface area contributed by atoms with Crippen molar-refractivity contribution in [1.29, 1.82) is 0 Å². The van der Waals surface area contributed by atoms with E-state index in [0.717, 1.165) is 0 Å². The Bertz CT molecular complexity index is 937. The van der Waals surface area contributed by atoms with Gasteiger partial charge in [-0.25, -0.2) is 14.4 Å². The van der Waals surface area contributed by atoms with Crippen LogP contribution >= 0.6 is 0 Å². The van der Waals surface area contributed by atoms with Gasteiger partial charge in [0.25, 0.3) is 11.8 Å². The molecule has 0 unspecified atom stereocenters. The molecule has 0 saturated carbocycles. The number of nitrogens with zero attached hydrogens (tertiary/aromatic N) is 5. The molecule has 0 atom stereocenters. The SMILES string of the molecule is CCCN1C(=O)C(c2ccc(F)cc2)=C(N2CCN(c3ncccn3)CC2)C1=O. The lowest BCUT2D eigenvalue weighted by Gasteiger charge is -2.36. The molecular weight excluding hydrogens is 373 g/mol. The average molecular weight is 395 g/mol. The number of carbonyl (C=O) groups is 2. The van der Waals surface area contributed by atoms with Crippen LogP contribution < -0.4 is 4.90 Å². The number of amides is 2. The Hall–Kier alpha value is -3.29. The minimum absolute atomic E-state index is 0.277. The molecule has 1 aromatic carbocycles. The maximum Gasteiger partial charge on any atom is 0.277 e. The van der Waals surface area contributed by atoms with Gasteiger partial charge in [0, 0.05) is 45.1 Å². The molecule has 2 aliphatic rings. The second-order valence-corrected chi connectivity index (χ2v) is 7.02. The van der Waals surface area contributed by atoms with Gasteiger partial charge in [0.05, 0.1) is 5.57 Å². The molecule has 1 fully saturated rings. The summed E-state index contributed by atoms with van der Waals surface area (Å²) in [6, 6.07) is 7.50. The zero-order chi connectivity index (χ0) is 20.4. The van der Waals surface area contributed by atoms with E-state index in [4.69, 9.17) is 0 Å². The van der Waals surface area contributed by atoms with Crippen LogP contribution in [0, 0.1) is 5.82 Å². The topological polar surface area (TPSA) is 69.6 Å². The normalized spacial score (nSPS) is 17.5. The largest absolute Gasteiger partial charge is 0.363 e. The van der Waals surface area contributed by atoms with Gasteiger partial charge in [0.15, 0.2) is 0 Å². The number of imide groups is 1. The molecule has 2 amide bonds. The second kappa shape index (κ2) is 7.98. The first-order chi connectivity index (χ1) is 14.1. The molecule has 2 aromatic rings. The van der Waals surface area contributed by atoms with Crippen molar-refractivity contribution in [3.63, 3.8) is 0 Å². The highest BCUT2D eigenvalue weighted by Gasteiger charge is 2.41. The Kier molecular flexibility index (Phi) is 5.24. The van der Waals surface area contributed by atoms with E-state index in [9.17, 15) is 14.0 Å². The second-order valence-electron chi connectivity index (χ2n) is 7.02. The lowest BCUT2D eigenvalue weighted by molar-refractivity contribution is -0.137. The van der Waals surface area contributed by atoms with Crippen LogP contribution in [0.5, 0.6) is 0 Å². The number of hydrogen-bond donors (Lipinski definition) is 0. The smallest absolute Gasteiger partial charge is 0.277 e. The van der Waals surface area contributed by atoms with Gasteiger partial charge in [-0.15, -0.1) is 0 Å². The van der Waals surface area contributed by atoms with Gasteiger partial charge >= 0.3 is 0 Å². The zero-order valence-corrected chi connectivity index (χ0v) is 16.2. The fourth-order valence-electron chi connectivity index (χ4n) is 3.74. The van der Waals surface area contributed by atoms with Gasteiger partial charge in [0.1, 0.15) is 11.5 Å². The van der Waals surface area contributed by atoms with Crippen molar-refractivity contribution in [1.82, 2.24) is 19.8 Å². The van der Waals surface area contributed by atoms with Gasteiger partial charge in [-0.1, -0.05) is 19.1 Å². The monoisotopic (exact) mass is 395 g/mol. The standard InChI is InChI=1S/C21H22FN5O2/c1-2-10-27-19(28)17(15-4-6-16(22)7-5-15)18(20(27)29)25-11-13-26(14-12-25)21-23-8-3-9-24-21/h3-9H,2,10-14H2,1H3. The molecule has 0 spiro atoms. The molecule has 8 heteroatoms. The Morgan fingerprint density at radius 3 is 2.17 bits per heavy atom. The first kappa shape index (κ1) is 19.0. The average Bonchev–Trinajstić information content (AvgIpc) is 3.00. The summed E-state index contributed by atoms with van der Waals surface area (Å²) in [7, 11) is 0. The first-order valence-corrected chi connectivity index (χ1v) is 9.73. The third kappa shape index (κ3) is 3.57. The Morgan fingerprint density at radius 1 is 0.931 bits per heavy atom. The number of carbonyl (C=O) groups excluding carboxylic acids is 2. The molecule has 4 rings (SSSR count). The summed E-state index contributed by atoms with van der Waals surface area (Å²) in [5.74, 6) is -0.316. The molecule has 2 aliphatic heterocycles. The maximum atomic E-state index is 13.4. The first-order valence-electron chi connectivity index (χ1n) is 9.73. The van der Waals surface area contributed by atoms with Crippen LogP contribution in [-0.2, 0) is 9.59 Å². The van der Waals surface area contributed by atoms with E-state index in [1.54, 1.807) is 30.6 Å². The zero-order valence-electron chi connectivity index (χ0n) is 16.2. The quantitative estimate of drug-likeness (QED) is 0.721. The summed E-state index contributed by atoms with van der Waals surface area (Å²) < 4.78 is 13.4. The summed E-state index contributed by atoms with van der Waals surface area (Å²) in [6.07, 6.45) is 4.08. The number of benzene rings is 1. The van der Waals surface area contributed by atoms with E-state index in [0.29, 0.717) is 61.9 Å². The van der Waals surface area contributed by atoms with Gasteiger partial charge in [-0.3, -0.25) is 14.5 Å². The lowest BCUT2D eigenvalue weighted by atomic mass is 10.0. The highest BCUT2D eigenvalue weighted by atomic mass is 19.1. The molecule has 7 nitrogen and oxygen atoms in total. The third-order valence-corrected chi connectivity index (χ3v) is 5.15. The number of aromatic nitrogens is 2. The van der Waals surface area contributed by atoms with Crippen LogP contribution in [0.2, 0.25) is 0 Å². The summed E-state index contributed by atoms with van der Waals surface area (Å²) in [6.45, 7) is 4.70. The van der Waals surface area contributed by atoms with E-state index < -0.39 is 0 Å². The predicted molar refractivity (Wildman–Crippen MR) is 106 cm³/mol. The molecule has 0 N–H and O–H groups in total. The van der Waals surface area contributed by atoms with Gasteiger partial charge < -0.3 is 9.80 Å². The fraction of sp³-hybridized carbons (Fsp3) is 0.333. The Balaban J connectivity index is 1.64. The van der Waals surface area contributed by atoms with E-state index in [2.05, 4.69) is 14.9 Å². The summed E-state index contributed by atoms with van der Waals surface area (Å²) in [5, 5.41) is 0. The Labute approximate surface area is 168 Å². The van der Waals surface area contributed by atoms with Crippen LogP contribution in [0.1, 0.15) is 18.9 Å². The molecule has 1 aromatic heterocycles. The predicted octanol–water partition coefficient (Wildman–Crippen LogP) is 1.93. The van der Waals surface area contributed by atoms with Crippen LogP contribution in [0.15, 0.2) is 48.4 Å². The minimum Gasteiger partial charge on any atom is -0.363 e. The lowest BCUT2D eigenvalue weighted by Crippen LogP contribution is -2.48. The third-order valence-electron chi connectivity index (χ3n) is 5.15. The number of anilines is 1. The molecule has 1 saturated heterocycles. The van der Waals surface area contributed by atoms with E-state index in [1.807, 2.05) is 11.8 Å². The summed E-state index contributed by atoms with van der Waals surface area (Å²) in [4.78, 5) is 40.0. The molecular formula is C21H22FN5O2. The molecule has 150 valence electrons. The van der Waals surface area contributed by atoms with Crippen molar-refractivity contribution >= 4 is 23.3 Å². The van der Waals surface area contributed by atoms with Crippen LogP contribution in [0.4, 0.5) is 10.3 Å². The van der Waals surface area contributed by atoms with Gasteiger partial charge in [-0.05, 0) is 30.2 Å². The summed E-state index contributed by atoms with van der Waals surface area (Å²) >= 11 is 0. The molecule has 0 aliphatic carbocycles. The number of halogens is 1. The number of rotatable bonds is 5. The fourth-order valence-corrected chi connectivity index (χ4v) is 3.74. The van der Waals surface area contributed by atoms with E-state index >= 15 is 0 Å². The molecule has 29 heavy (non-hydrogen) atoms. The molecule has 0 radical (unpaired) electrons. The Morgan fingerprint density at radius 2 is 1.55 bits per heavy atom. The molecule has 3 heterocycles. The van der Waals surface area contributed by atoms with Crippen molar-refractivity contribution in [2.45, 2.75) is 13.3 Å². The number of hydrogen-bond acceptors (Lipinski definition) is 6. The van der Waals surface area contributed by atoms with E-state index in [1.165, 1.54) is 17.0 Å². The molecule has 0 bridgehead atoms. The number of piperazine rings is 1. The van der Waals surface area contributed by atoms with Crippen molar-refractivity contribution in [3.8, 4) is 0 Å². The van der Waals surface area contributed by atoms with E-state index in [-0.39, 0.29) is 17.6 Å². The van der Waals surface area contributed by atoms with Gasteiger partial charge in [-0.2, -0.15) is 0 Å². The van der Waals surface area contributed by atoms with Gasteiger partial charge in [0.2, 0.25) is 5.95 Å². The van der Waals surface area contributed by atoms with Crippen molar-refractivity contribution < 1.29 is 14.0 Å². The van der Waals surface area contributed by atoms with Crippen molar-refractivity contribution in [3.05, 3.63) is 59.8 Å². The van der Waals surface area contributed by atoms with Crippen LogP contribution in [0.3, 0.4) is 0 Å². The minimum atomic E-state index is -0.380. The highest BCUT2D eigenvalue weighted by molar-refractivity contribution is 6.35. The van der Waals surface area contributed by atoms with Crippen molar-refractivity contribution in [2.75, 3.05) is 37.6 Å². The summed E-state index contributed by atoms with van der Waals surface area (Å²) in [5.41, 5.74) is 1.32.